The van der Waals surface area contributed by atoms with Crippen molar-refractivity contribution in [2.45, 2.75) is 26.8 Å². The summed E-state index contributed by atoms with van der Waals surface area (Å²) in [6.07, 6.45) is 2.60. The maximum atomic E-state index is 11.5. The summed E-state index contributed by atoms with van der Waals surface area (Å²) in [6.45, 7) is 4.69. The summed E-state index contributed by atoms with van der Waals surface area (Å²) in [7, 11) is 0. The van der Waals surface area contributed by atoms with E-state index in [0.717, 1.165) is 45.7 Å². The van der Waals surface area contributed by atoms with Crippen LogP contribution >= 0.6 is 0 Å². The first-order valence-corrected chi connectivity index (χ1v) is 10.5. The fourth-order valence-electron chi connectivity index (χ4n) is 3.54. The van der Waals surface area contributed by atoms with Crippen LogP contribution in [0, 0.1) is 6.92 Å². The maximum Gasteiger partial charge on any atom is 0.259 e. The average Bonchev–Trinajstić information content (AvgIpc) is 3.07. The third kappa shape index (κ3) is 3.92. The molecule has 0 fully saturated rings. The SMILES string of the molecule is CCc1nc2c(C)ccnc2n1Cc1ccc(-c2ccccc2)c(NS(=O)O)c1. The zero-order valence-corrected chi connectivity index (χ0v) is 17.1. The molecule has 2 N–H and O–H groups in total. The summed E-state index contributed by atoms with van der Waals surface area (Å²) in [5, 5.41) is 0. The predicted molar refractivity (Wildman–Crippen MR) is 117 cm³/mol. The van der Waals surface area contributed by atoms with Crippen LogP contribution in [-0.4, -0.2) is 23.3 Å². The zero-order valence-electron chi connectivity index (χ0n) is 16.3. The highest BCUT2D eigenvalue weighted by Gasteiger charge is 2.14. The minimum absolute atomic E-state index is 0.581. The van der Waals surface area contributed by atoms with Gasteiger partial charge in [0.15, 0.2) is 5.65 Å². The molecule has 0 spiro atoms. The standard InChI is InChI=1S/C22H22N4O2S/c1-3-20-24-21-15(2)11-12-23-22(21)26(20)14-16-9-10-18(17-7-5-4-6-8-17)19(13-16)25-29(27)28/h4-13,25H,3,14H2,1-2H3,(H,27,28). The first-order chi connectivity index (χ1) is 14.1. The molecule has 29 heavy (non-hydrogen) atoms. The topological polar surface area (TPSA) is 80.0 Å². The molecule has 0 saturated heterocycles. The lowest BCUT2D eigenvalue weighted by Gasteiger charge is -2.14. The molecule has 0 aliphatic rings. The summed E-state index contributed by atoms with van der Waals surface area (Å²) in [4.78, 5) is 9.30. The summed E-state index contributed by atoms with van der Waals surface area (Å²) in [6, 6.07) is 17.7. The molecule has 2 heterocycles. The van der Waals surface area contributed by atoms with E-state index < -0.39 is 11.3 Å². The van der Waals surface area contributed by atoms with Crippen LogP contribution in [0.15, 0.2) is 60.8 Å². The molecule has 1 atom stereocenters. The van der Waals surface area contributed by atoms with Crippen LogP contribution < -0.4 is 4.72 Å². The van der Waals surface area contributed by atoms with E-state index in [0.29, 0.717) is 12.2 Å². The van der Waals surface area contributed by atoms with Crippen molar-refractivity contribution >= 4 is 28.1 Å². The van der Waals surface area contributed by atoms with E-state index in [2.05, 4.69) is 21.2 Å². The second kappa shape index (κ2) is 8.14. The molecule has 4 rings (SSSR count). The minimum Gasteiger partial charge on any atom is -0.308 e. The summed E-state index contributed by atoms with van der Waals surface area (Å²) in [5.74, 6) is 0.967. The van der Waals surface area contributed by atoms with Gasteiger partial charge in [-0.2, -0.15) is 0 Å². The van der Waals surface area contributed by atoms with E-state index in [9.17, 15) is 8.76 Å². The first kappa shape index (κ1) is 19.3. The highest BCUT2D eigenvalue weighted by molar-refractivity contribution is 7.80. The Morgan fingerprint density at radius 3 is 2.66 bits per heavy atom. The van der Waals surface area contributed by atoms with Gasteiger partial charge in [0.25, 0.3) is 11.3 Å². The van der Waals surface area contributed by atoms with E-state index in [-0.39, 0.29) is 0 Å². The van der Waals surface area contributed by atoms with Crippen LogP contribution in [0.25, 0.3) is 22.3 Å². The van der Waals surface area contributed by atoms with Gasteiger partial charge >= 0.3 is 0 Å². The molecule has 0 saturated carbocycles. The van der Waals surface area contributed by atoms with Crippen molar-refractivity contribution in [2.75, 3.05) is 4.72 Å². The third-order valence-electron chi connectivity index (χ3n) is 4.94. The number of aryl methyl sites for hydroxylation is 2. The van der Waals surface area contributed by atoms with Gasteiger partial charge in [-0.1, -0.05) is 49.4 Å². The van der Waals surface area contributed by atoms with Gasteiger partial charge in [0.05, 0.1) is 12.2 Å². The molecule has 2 aromatic heterocycles. The van der Waals surface area contributed by atoms with Crippen LogP contribution in [0.1, 0.15) is 23.9 Å². The number of rotatable bonds is 6. The lowest BCUT2D eigenvalue weighted by Crippen LogP contribution is -2.07. The second-order valence-corrected chi connectivity index (χ2v) is 7.57. The Kier molecular flexibility index (Phi) is 5.42. The number of benzene rings is 2. The Balaban J connectivity index is 1.78. The number of hydrogen-bond donors (Lipinski definition) is 2. The van der Waals surface area contributed by atoms with Crippen molar-refractivity contribution < 1.29 is 8.76 Å². The van der Waals surface area contributed by atoms with E-state index in [1.807, 2.05) is 61.5 Å². The van der Waals surface area contributed by atoms with Crippen molar-refractivity contribution in [3.63, 3.8) is 0 Å². The van der Waals surface area contributed by atoms with Gasteiger partial charge in [-0.05, 0) is 35.7 Å². The van der Waals surface area contributed by atoms with Crippen LogP contribution in [0.2, 0.25) is 0 Å². The van der Waals surface area contributed by atoms with E-state index in [4.69, 9.17) is 4.98 Å². The van der Waals surface area contributed by atoms with Gasteiger partial charge in [0, 0.05) is 18.2 Å². The summed E-state index contributed by atoms with van der Waals surface area (Å²) >= 11 is -2.16. The van der Waals surface area contributed by atoms with Crippen molar-refractivity contribution in [3.05, 3.63) is 77.7 Å². The van der Waals surface area contributed by atoms with Crippen LogP contribution in [0.4, 0.5) is 5.69 Å². The molecule has 1 unspecified atom stereocenters. The number of hydrogen-bond acceptors (Lipinski definition) is 3. The molecule has 0 aliphatic carbocycles. The minimum atomic E-state index is -2.16. The highest BCUT2D eigenvalue weighted by Crippen LogP contribution is 2.30. The molecule has 6 nitrogen and oxygen atoms in total. The Bertz CT molecular complexity index is 1190. The van der Waals surface area contributed by atoms with Crippen molar-refractivity contribution in [3.8, 4) is 11.1 Å². The monoisotopic (exact) mass is 406 g/mol. The number of anilines is 1. The average molecular weight is 407 g/mol. The molecule has 0 bridgehead atoms. The number of aromatic nitrogens is 3. The van der Waals surface area contributed by atoms with Gasteiger partial charge in [-0.15, -0.1) is 0 Å². The van der Waals surface area contributed by atoms with Crippen LogP contribution in [0.3, 0.4) is 0 Å². The molecule has 0 amide bonds. The van der Waals surface area contributed by atoms with Crippen molar-refractivity contribution in [2.24, 2.45) is 0 Å². The molecule has 0 radical (unpaired) electrons. The lowest BCUT2D eigenvalue weighted by atomic mass is 10.0. The quantitative estimate of drug-likeness (QED) is 0.460. The first-order valence-electron chi connectivity index (χ1n) is 9.43. The predicted octanol–water partition coefficient (Wildman–Crippen LogP) is 4.57. The number of fused-ring (bicyclic) bond motifs is 1. The third-order valence-corrected chi connectivity index (χ3v) is 5.33. The smallest absolute Gasteiger partial charge is 0.259 e. The van der Waals surface area contributed by atoms with Gasteiger partial charge in [0.2, 0.25) is 0 Å². The number of nitrogens with zero attached hydrogens (tertiary/aromatic N) is 3. The summed E-state index contributed by atoms with van der Waals surface area (Å²) in [5.41, 5.74) is 6.33. The van der Waals surface area contributed by atoms with Gasteiger partial charge in [-0.3, -0.25) is 9.27 Å². The fraction of sp³-hybridized carbons (Fsp3) is 0.182. The maximum absolute atomic E-state index is 11.5. The molecule has 4 aromatic rings. The van der Waals surface area contributed by atoms with Gasteiger partial charge < -0.3 is 4.57 Å². The molecule has 0 aliphatic heterocycles. The van der Waals surface area contributed by atoms with E-state index >= 15 is 0 Å². The largest absolute Gasteiger partial charge is 0.308 e. The summed E-state index contributed by atoms with van der Waals surface area (Å²) < 4.78 is 25.6. The van der Waals surface area contributed by atoms with E-state index in [1.54, 1.807) is 6.20 Å². The molecular formula is C22H22N4O2S. The second-order valence-electron chi connectivity index (χ2n) is 6.86. The Morgan fingerprint density at radius 1 is 1.14 bits per heavy atom. The van der Waals surface area contributed by atoms with Crippen LogP contribution in [-0.2, 0) is 24.2 Å². The Morgan fingerprint density at radius 2 is 1.93 bits per heavy atom. The Hall–Kier alpha value is -3.03. The van der Waals surface area contributed by atoms with Crippen molar-refractivity contribution in [1.29, 1.82) is 0 Å². The number of imidazole rings is 1. The molecular weight excluding hydrogens is 384 g/mol. The van der Waals surface area contributed by atoms with Gasteiger partial charge in [-0.25, -0.2) is 14.2 Å². The molecule has 7 heteroatoms. The van der Waals surface area contributed by atoms with Crippen molar-refractivity contribution in [1.82, 2.24) is 14.5 Å². The van der Waals surface area contributed by atoms with Crippen LogP contribution in [0.5, 0.6) is 0 Å². The number of pyridine rings is 1. The van der Waals surface area contributed by atoms with Gasteiger partial charge in [0.1, 0.15) is 11.3 Å². The highest BCUT2D eigenvalue weighted by atomic mass is 32.2. The normalized spacial score (nSPS) is 12.2. The van der Waals surface area contributed by atoms with E-state index in [1.165, 1.54) is 0 Å². The molecule has 148 valence electrons. The lowest BCUT2D eigenvalue weighted by molar-refractivity contribution is 0.570. The fourth-order valence-corrected chi connectivity index (χ4v) is 3.90. The number of nitrogens with one attached hydrogen (secondary N) is 1. The molecule has 2 aromatic carbocycles. The Labute approximate surface area is 172 Å². The zero-order chi connectivity index (χ0) is 20.4.